The van der Waals surface area contributed by atoms with Crippen molar-refractivity contribution in [3.63, 3.8) is 0 Å². The maximum atomic E-state index is 13.4. The van der Waals surface area contributed by atoms with Gasteiger partial charge in [-0.05, 0) is 43.5 Å². The van der Waals surface area contributed by atoms with E-state index < -0.39 is 12.2 Å². The molecule has 1 amide bonds. The third-order valence-electron chi connectivity index (χ3n) is 6.00. The normalized spacial score (nSPS) is 19.9. The van der Waals surface area contributed by atoms with Crippen molar-refractivity contribution in [1.29, 1.82) is 0 Å². The molecule has 0 saturated carbocycles. The van der Waals surface area contributed by atoms with Crippen LogP contribution in [0.2, 0.25) is 0 Å². The van der Waals surface area contributed by atoms with Crippen molar-refractivity contribution in [1.82, 2.24) is 5.32 Å². The summed E-state index contributed by atoms with van der Waals surface area (Å²) in [5.74, 6) is -1.03. The van der Waals surface area contributed by atoms with Crippen LogP contribution in [-0.2, 0) is 20.8 Å². The number of carbonyl (C=O) groups is 1. The fourth-order valence-electron chi connectivity index (χ4n) is 4.31. The van der Waals surface area contributed by atoms with E-state index in [1.807, 2.05) is 43.3 Å². The fourth-order valence-corrected chi connectivity index (χ4v) is 4.31. The zero-order valence-corrected chi connectivity index (χ0v) is 19.1. The fraction of sp³-hybridized carbons (Fsp3) is 0.333. The van der Waals surface area contributed by atoms with Gasteiger partial charge in [-0.1, -0.05) is 42.5 Å². The summed E-state index contributed by atoms with van der Waals surface area (Å²) in [6.45, 7) is 2.57. The van der Waals surface area contributed by atoms with Gasteiger partial charge in [0, 0.05) is 37.2 Å². The lowest BCUT2D eigenvalue weighted by molar-refractivity contribution is -0.166. The van der Waals surface area contributed by atoms with Crippen molar-refractivity contribution in [3.05, 3.63) is 94.0 Å². The first-order chi connectivity index (χ1) is 16.6. The van der Waals surface area contributed by atoms with Crippen molar-refractivity contribution >= 4 is 16.9 Å². The summed E-state index contributed by atoms with van der Waals surface area (Å²) < 4.78 is 17.6. The number of hydrogen-bond donors (Lipinski definition) is 2. The Balaban J connectivity index is 1.70. The van der Waals surface area contributed by atoms with Crippen LogP contribution in [0.4, 0.5) is 0 Å². The number of benzene rings is 2. The first-order valence-electron chi connectivity index (χ1n) is 11.6. The van der Waals surface area contributed by atoms with Crippen molar-refractivity contribution in [2.24, 2.45) is 5.92 Å². The van der Waals surface area contributed by atoms with E-state index in [1.165, 1.54) is 6.26 Å². The topological polar surface area (TPSA) is 98.0 Å². The number of aliphatic hydroxyl groups is 1. The minimum atomic E-state index is -0.741. The smallest absolute Gasteiger partial charge is 0.286 e. The first-order valence-corrected chi connectivity index (χ1v) is 11.6. The molecule has 178 valence electrons. The molecule has 7 heteroatoms. The predicted molar refractivity (Wildman–Crippen MR) is 128 cm³/mol. The van der Waals surface area contributed by atoms with Crippen LogP contribution < -0.4 is 10.7 Å². The molecule has 0 fully saturated rings. The summed E-state index contributed by atoms with van der Waals surface area (Å²) >= 11 is 0. The zero-order chi connectivity index (χ0) is 23.9. The number of ether oxygens (including phenoxy) is 2. The Morgan fingerprint density at radius 3 is 2.65 bits per heavy atom. The Kier molecular flexibility index (Phi) is 7.77. The molecular formula is C27H29NO6. The Hall–Kier alpha value is -3.42. The summed E-state index contributed by atoms with van der Waals surface area (Å²) in [4.78, 5) is 26.4. The molecule has 7 nitrogen and oxygen atoms in total. The second kappa shape index (κ2) is 11.1. The molecule has 0 bridgehead atoms. The van der Waals surface area contributed by atoms with Crippen LogP contribution in [0.15, 0.2) is 81.9 Å². The van der Waals surface area contributed by atoms with Gasteiger partial charge in [0.15, 0.2) is 11.2 Å². The molecule has 0 spiro atoms. The zero-order valence-electron chi connectivity index (χ0n) is 19.1. The van der Waals surface area contributed by atoms with Gasteiger partial charge in [0.2, 0.25) is 6.29 Å². The van der Waals surface area contributed by atoms with E-state index in [0.29, 0.717) is 42.5 Å². The maximum Gasteiger partial charge on any atom is 0.286 e. The van der Waals surface area contributed by atoms with E-state index in [0.717, 1.165) is 5.56 Å². The Morgan fingerprint density at radius 2 is 1.88 bits per heavy atom. The van der Waals surface area contributed by atoms with Gasteiger partial charge in [0.1, 0.15) is 5.58 Å². The van der Waals surface area contributed by atoms with Gasteiger partial charge < -0.3 is 24.3 Å². The molecule has 0 radical (unpaired) electrons. The number of para-hydroxylation sites is 1. The average molecular weight is 464 g/mol. The highest BCUT2D eigenvalue weighted by Gasteiger charge is 2.39. The molecule has 0 aliphatic carbocycles. The van der Waals surface area contributed by atoms with E-state index in [4.69, 9.17) is 13.9 Å². The quantitative estimate of drug-likeness (QED) is 0.500. The van der Waals surface area contributed by atoms with Crippen LogP contribution in [-0.4, -0.2) is 30.5 Å². The molecule has 0 unspecified atom stereocenters. The Morgan fingerprint density at radius 1 is 1.12 bits per heavy atom. The molecule has 3 atom stereocenters. The first kappa shape index (κ1) is 23.7. The van der Waals surface area contributed by atoms with E-state index in [1.54, 1.807) is 24.3 Å². The number of nitrogens with one attached hydrogen (secondary N) is 1. The minimum Gasteiger partial charge on any atom is -0.464 e. The largest absolute Gasteiger partial charge is 0.464 e. The standard InChI is InChI=1S/C27H29NO6/c1-2-32-27-19(12-8-14-29)21(22-17-33-23-13-7-6-11-20(23)25(22)30)15-24(34-27)26(31)28-16-18-9-4-3-5-10-18/h3-7,9-11,13,15,17,19,21,27,29H,2,8,12,14,16H2,1H3,(H,28,31)/t19-,21+,27-/m1/s1. The lowest BCUT2D eigenvalue weighted by atomic mass is 9.81. The number of rotatable bonds is 9. The molecular weight excluding hydrogens is 434 g/mol. The van der Waals surface area contributed by atoms with Gasteiger partial charge >= 0.3 is 0 Å². The van der Waals surface area contributed by atoms with Crippen LogP contribution >= 0.6 is 0 Å². The second-order valence-corrected chi connectivity index (χ2v) is 8.21. The molecule has 2 aromatic carbocycles. The van der Waals surface area contributed by atoms with E-state index >= 15 is 0 Å². The van der Waals surface area contributed by atoms with E-state index in [9.17, 15) is 14.7 Å². The predicted octanol–water partition coefficient (Wildman–Crippen LogP) is 3.86. The van der Waals surface area contributed by atoms with Crippen LogP contribution in [0.3, 0.4) is 0 Å². The third kappa shape index (κ3) is 5.21. The van der Waals surface area contributed by atoms with Crippen molar-refractivity contribution < 1.29 is 23.8 Å². The highest BCUT2D eigenvalue weighted by Crippen LogP contribution is 2.38. The number of carbonyl (C=O) groups excluding carboxylic acids is 1. The van der Waals surface area contributed by atoms with Crippen molar-refractivity contribution in [2.45, 2.75) is 38.5 Å². The van der Waals surface area contributed by atoms with E-state index in [-0.39, 0.29) is 29.6 Å². The lowest BCUT2D eigenvalue weighted by Crippen LogP contribution is -2.40. The molecule has 2 heterocycles. The Bertz CT molecular complexity index is 1200. The molecule has 1 aliphatic heterocycles. The van der Waals surface area contributed by atoms with E-state index in [2.05, 4.69) is 5.32 Å². The van der Waals surface area contributed by atoms with Crippen LogP contribution in [0.25, 0.3) is 11.0 Å². The summed E-state index contributed by atoms with van der Waals surface area (Å²) in [6.07, 6.45) is 3.46. The van der Waals surface area contributed by atoms with Crippen LogP contribution in [0, 0.1) is 5.92 Å². The molecule has 1 aliphatic rings. The third-order valence-corrected chi connectivity index (χ3v) is 6.00. The summed E-state index contributed by atoms with van der Waals surface area (Å²) in [5.41, 5.74) is 1.74. The van der Waals surface area contributed by atoms with Gasteiger partial charge in [-0.2, -0.15) is 0 Å². The average Bonchev–Trinajstić information content (AvgIpc) is 2.87. The molecule has 0 saturated heterocycles. The SMILES string of the molecule is CCO[C@@H]1OC(C(=O)NCc2ccccc2)=C[C@H](c2coc3ccccc3c2=O)[C@H]1CCCO. The second-order valence-electron chi connectivity index (χ2n) is 8.21. The Labute approximate surface area is 198 Å². The van der Waals surface area contributed by atoms with Gasteiger partial charge in [0.05, 0.1) is 11.6 Å². The number of aliphatic hydroxyl groups excluding tert-OH is 1. The molecule has 1 aromatic heterocycles. The van der Waals surface area contributed by atoms with Gasteiger partial charge in [-0.3, -0.25) is 9.59 Å². The summed E-state index contributed by atoms with van der Waals surface area (Å²) in [7, 11) is 0. The van der Waals surface area contributed by atoms with Crippen molar-refractivity contribution in [3.8, 4) is 0 Å². The highest BCUT2D eigenvalue weighted by atomic mass is 16.7. The van der Waals surface area contributed by atoms with Crippen molar-refractivity contribution in [2.75, 3.05) is 13.2 Å². The number of amides is 1. The molecule has 4 rings (SSSR count). The molecule has 3 aromatic rings. The highest BCUT2D eigenvalue weighted by molar-refractivity contribution is 5.91. The number of fused-ring (bicyclic) bond motifs is 1. The maximum absolute atomic E-state index is 13.4. The summed E-state index contributed by atoms with van der Waals surface area (Å²) in [5, 5.41) is 12.8. The molecule has 2 N–H and O–H groups in total. The van der Waals surface area contributed by atoms with Crippen LogP contribution in [0.1, 0.15) is 36.8 Å². The number of allylic oxidation sites excluding steroid dienone is 1. The van der Waals surface area contributed by atoms with Gasteiger partial charge in [-0.25, -0.2) is 0 Å². The molecule has 34 heavy (non-hydrogen) atoms. The van der Waals surface area contributed by atoms with Gasteiger partial charge in [0.25, 0.3) is 5.91 Å². The monoisotopic (exact) mass is 463 g/mol. The minimum absolute atomic E-state index is 0.00251. The van der Waals surface area contributed by atoms with Crippen LogP contribution in [0.5, 0.6) is 0 Å². The van der Waals surface area contributed by atoms with Gasteiger partial charge in [-0.15, -0.1) is 0 Å². The summed E-state index contributed by atoms with van der Waals surface area (Å²) in [6, 6.07) is 16.6. The lowest BCUT2D eigenvalue weighted by Gasteiger charge is -2.36. The number of hydrogen-bond acceptors (Lipinski definition) is 6.